The SMILES string of the molecule is CNCc1ccc(C)c(S(=O)(=O)Nc2ncccn2)c1. The lowest BCUT2D eigenvalue weighted by atomic mass is 10.1. The van der Waals surface area contributed by atoms with Crippen LogP contribution in [0.4, 0.5) is 5.95 Å². The fourth-order valence-corrected chi connectivity index (χ4v) is 3.03. The molecule has 0 saturated heterocycles. The van der Waals surface area contributed by atoms with Crippen molar-refractivity contribution in [1.82, 2.24) is 15.3 Å². The highest BCUT2D eigenvalue weighted by Crippen LogP contribution is 2.19. The number of hydrogen-bond acceptors (Lipinski definition) is 5. The predicted molar refractivity (Wildman–Crippen MR) is 76.8 cm³/mol. The van der Waals surface area contributed by atoms with E-state index < -0.39 is 10.0 Å². The molecule has 6 nitrogen and oxygen atoms in total. The van der Waals surface area contributed by atoms with E-state index in [0.717, 1.165) is 5.56 Å². The van der Waals surface area contributed by atoms with Crippen molar-refractivity contribution in [3.63, 3.8) is 0 Å². The number of rotatable bonds is 5. The molecule has 2 rings (SSSR count). The summed E-state index contributed by atoms with van der Waals surface area (Å²) in [6.07, 6.45) is 2.96. The average Bonchev–Trinajstić information content (AvgIpc) is 2.42. The van der Waals surface area contributed by atoms with Gasteiger partial charge < -0.3 is 5.32 Å². The molecule has 0 bridgehead atoms. The molecule has 0 spiro atoms. The van der Waals surface area contributed by atoms with E-state index in [1.807, 2.05) is 13.1 Å². The van der Waals surface area contributed by atoms with Gasteiger partial charge in [-0.2, -0.15) is 0 Å². The van der Waals surface area contributed by atoms with Gasteiger partial charge in [-0.25, -0.2) is 23.1 Å². The molecule has 1 aromatic heterocycles. The van der Waals surface area contributed by atoms with Crippen LogP contribution in [0.3, 0.4) is 0 Å². The van der Waals surface area contributed by atoms with E-state index >= 15 is 0 Å². The molecule has 2 aromatic rings. The summed E-state index contributed by atoms with van der Waals surface area (Å²) in [6.45, 7) is 2.36. The number of sulfonamides is 1. The fourth-order valence-electron chi connectivity index (χ4n) is 1.78. The molecule has 1 heterocycles. The maximum Gasteiger partial charge on any atom is 0.264 e. The summed E-state index contributed by atoms with van der Waals surface area (Å²) in [7, 11) is -1.88. The smallest absolute Gasteiger partial charge is 0.264 e. The van der Waals surface area contributed by atoms with Crippen LogP contribution in [0.1, 0.15) is 11.1 Å². The first-order valence-corrected chi connectivity index (χ1v) is 7.55. The minimum Gasteiger partial charge on any atom is -0.316 e. The Morgan fingerprint density at radius 3 is 2.55 bits per heavy atom. The lowest BCUT2D eigenvalue weighted by molar-refractivity contribution is 0.600. The van der Waals surface area contributed by atoms with Crippen molar-refractivity contribution >= 4 is 16.0 Å². The van der Waals surface area contributed by atoms with Crippen LogP contribution in [0.5, 0.6) is 0 Å². The molecular formula is C13H16N4O2S. The first-order valence-electron chi connectivity index (χ1n) is 6.07. The standard InChI is InChI=1S/C13H16N4O2S/c1-10-4-5-11(9-14-2)8-12(10)20(18,19)17-13-15-6-3-7-16-13/h3-8,14H,9H2,1-2H3,(H,15,16,17). The third-order valence-corrected chi connectivity index (χ3v) is 4.18. The van der Waals surface area contributed by atoms with E-state index in [1.54, 1.807) is 25.1 Å². The van der Waals surface area contributed by atoms with Crippen LogP contribution in [0, 0.1) is 6.92 Å². The zero-order valence-electron chi connectivity index (χ0n) is 11.3. The average molecular weight is 292 g/mol. The molecule has 0 unspecified atom stereocenters. The topological polar surface area (TPSA) is 84.0 Å². The highest BCUT2D eigenvalue weighted by Gasteiger charge is 2.18. The number of anilines is 1. The maximum absolute atomic E-state index is 12.4. The molecule has 2 N–H and O–H groups in total. The Bertz CT molecular complexity index is 687. The van der Waals surface area contributed by atoms with Gasteiger partial charge in [-0.05, 0) is 37.2 Å². The van der Waals surface area contributed by atoms with E-state index in [1.165, 1.54) is 12.4 Å². The minimum atomic E-state index is -3.69. The molecule has 106 valence electrons. The summed E-state index contributed by atoms with van der Waals surface area (Å²) >= 11 is 0. The van der Waals surface area contributed by atoms with E-state index in [9.17, 15) is 8.42 Å². The van der Waals surface area contributed by atoms with Gasteiger partial charge in [-0.1, -0.05) is 12.1 Å². The molecule has 0 fully saturated rings. The van der Waals surface area contributed by atoms with Crippen LogP contribution in [-0.2, 0) is 16.6 Å². The molecule has 1 aromatic carbocycles. The Morgan fingerprint density at radius 2 is 1.90 bits per heavy atom. The summed E-state index contributed by atoms with van der Waals surface area (Å²) in [6, 6.07) is 6.95. The van der Waals surface area contributed by atoms with Crippen LogP contribution < -0.4 is 10.0 Å². The largest absolute Gasteiger partial charge is 0.316 e. The van der Waals surface area contributed by atoms with E-state index in [2.05, 4.69) is 20.0 Å². The number of benzene rings is 1. The van der Waals surface area contributed by atoms with Crippen LogP contribution in [0.15, 0.2) is 41.6 Å². The van der Waals surface area contributed by atoms with Crippen molar-refractivity contribution in [2.75, 3.05) is 11.8 Å². The number of nitrogens with one attached hydrogen (secondary N) is 2. The third-order valence-electron chi connectivity index (χ3n) is 2.71. The number of aromatic nitrogens is 2. The number of aryl methyl sites for hydroxylation is 1. The Labute approximate surface area is 118 Å². The van der Waals surface area contributed by atoms with Gasteiger partial charge in [-0.3, -0.25) is 0 Å². The molecule has 0 aliphatic rings. The van der Waals surface area contributed by atoms with E-state index in [-0.39, 0.29) is 10.8 Å². The highest BCUT2D eigenvalue weighted by atomic mass is 32.2. The van der Waals surface area contributed by atoms with Gasteiger partial charge in [0.1, 0.15) is 0 Å². The van der Waals surface area contributed by atoms with Crippen molar-refractivity contribution in [2.45, 2.75) is 18.4 Å². The second-order valence-corrected chi connectivity index (χ2v) is 5.96. The second kappa shape index (κ2) is 5.98. The van der Waals surface area contributed by atoms with Crippen molar-refractivity contribution < 1.29 is 8.42 Å². The molecular weight excluding hydrogens is 276 g/mol. The van der Waals surface area contributed by atoms with Gasteiger partial charge in [0.25, 0.3) is 10.0 Å². The molecule has 20 heavy (non-hydrogen) atoms. The monoisotopic (exact) mass is 292 g/mol. The van der Waals surface area contributed by atoms with Crippen molar-refractivity contribution in [3.8, 4) is 0 Å². The molecule has 7 heteroatoms. The maximum atomic E-state index is 12.4. The highest BCUT2D eigenvalue weighted by molar-refractivity contribution is 7.92. The lowest BCUT2D eigenvalue weighted by Crippen LogP contribution is -2.17. The molecule has 0 radical (unpaired) electrons. The fraction of sp³-hybridized carbons (Fsp3) is 0.231. The van der Waals surface area contributed by atoms with Crippen LogP contribution in [0.2, 0.25) is 0 Å². The van der Waals surface area contributed by atoms with Gasteiger partial charge >= 0.3 is 0 Å². The summed E-state index contributed by atoms with van der Waals surface area (Å²) < 4.78 is 27.1. The first kappa shape index (κ1) is 14.4. The first-order chi connectivity index (χ1) is 9.53. The summed E-state index contributed by atoms with van der Waals surface area (Å²) in [4.78, 5) is 7.96. The Hall–Kier alpha value is -1.99. The van der Waals surface area contributed by atoms with Crippen molar-refractivity contribution in [1.29, 1.82) is 0 Å². The number of hydrogen-bond donors (Lipinski definition) is 2. The Kier molecular flexibility index (Phi) is 4.31. The quantitative estimate of drug-likeness (QED) is 0.868. The Balaban J connectivity index is 2.36. The molecule has 0 aliphatic carbocycles. The van der Waals surface area contributed by atoms with Crippen LogP contribution in [0.25, 0.3) is 0 Å². The molecule has 0 saturated carbocycles. The summed E-state index contributed by atoms with van der Waals surface area (Å²) in [5, 5.41) is 2.99. The van der Waals surface area contributed by atoms with E-state index in [4.69, 9.17) is 0 Å². The van der Waals surface area contributed by atoms with Crippen LogP contribution >= 0.6 is 0 Å². The number of nitrogens with zero attached hydrogens (tertiary/aromatic N) is 2. The third kappa shape index (κ3) is 3.31. The van der Waals surface area contributed by atoms with Gasteiger partial charge in [0.05, 0.1) is 4.90 Å². The zero-order valence-corrected chi connectivity index (χ0v) is 12.1. The van der Waals surface area contributed by atoms with Gasteiger partial charge in [0, 0.05) is 18.9 Å². The van der Waals surface area contributed by atoms with Crippen molar-refractivity contribution in [3.05, 3.63) is 47.8 Å². The van der Waals surface area contributed by atoms with E-state index in [0.29, 0.717) is 12.1 Å². The second-order valence-electron chi connectivity index (χ2n) is 4.31. The predicted octanol–water partition coefficient (Wildman–Crippen LogP) is 1.31. The molecule has 0 amide bonds. The normalized spacial score (nSPS) is 11.3. The lowest BCUT2D eigenvalue weighted by Gasteiger charge is -2.10. The van der Waals surface area contributed by atoms with Crippen molar-refractivity contribution in [2.24, 2.45) is 0 Å². The summed E-state index contributed by atoms with van der Waals surface area (Å²) in [5.41, 5.74) is 1.57. The molecule has 0 atom stereocenters. The molecule has 0 aliphatic heterocycles. The van der Waals surface area contributed by atoms with Gasteiger partial charge in [-0.15, -0.1) is 0 Å². The van der Waals surface area contributed by atoms with Crippen LogP contribution in [-0.4, -0.2) is 25.4 Å². The zero-order chi connectivity index (χ0) is 14.6. The van der Waals surface area contributed by atoms with Gasteiger partial charge in [0.2, 0.25) is 5.95 Å². The van der Waals surface area contributed by atoms with Gasteiger partial charge in [0.15, 0.2) is 0 Å². The minimum absolute atomic E-state index is 0.0610. The Morgan fingerprint density at radius 1 is 1.20 bits per heavy atom. The summed E-state index contributed by atoms with van der Waals surface area (Å²) in [5.74, 6) is 0.0610.